The van der Waals surface area contributed by atoms with Crippen LogP contribution in [0.25, 0.3) is 0 Å². The van der Waals surface area contributed by atoms with Crippen molar-refractivity contribution in [2.75, 3.05) is 13.1 Å². The Labute approximate surface area is 120 Å². The third kappa shape index (κ3) is 2.84. The first-order chi connectivity index (χ1) is 9.46. The molecule has 20 heavy (non-hydrogen) atoms. The zero-order valence-corrected chi connectivity index (χ0v) is 12.3. The lowest BCUT2D eigenvalue weighted by molar-refractivity contribution is -0.149. The molecular weight excluding hydrogens is 252 g/mol. The zero-order valence-electron chi connectivity index (χ0n) is 12.3. The molecule has 1 aromatic carbocycles. The summed E-state index contributed by atoms with van der Waals surface area (Å²) in [5, 5.41) is 2.81. The van der Waals surface area contributed by atoms with E-state index in [4.69, 9.17) is 0 Å². The number of piperazine rings is 1. The summed E-state index contributed by atoms with van der Waals surface area (Å²) in [6.07, 6.45) is 0.605. The van der Waals surface area contributed by atoms with Crippen molar-refractivity contribution in [2.45, 2.75) is 38.6 Å². The van der Waals surface area contributed by atoms with Gasteiger partial charge in [0.1, 0.15) is 5.54 Å². The number of nitrogens with zero attached hydrogens (tertiary/aromatic N) is 1. The van der Waals surface area contributed by atoms with E-state index in [0.29, 0.717) is 13.0 Å². The summed E-state index contributed by atoms with van der Waals surface area (Å²) in [4.78, 5) is 26.0. The van der Waals surface area contributed by atoms with E-state index in [1.807, 2.05) is 25.1 Å². The molecule has 0 aromatic heterocycles. The molecule has 2 atom stereocenters. The summed E-state index contributed by atoms with van der Waals surface area (Å²) >= 11 is 0. The topological polar surface area (TPSA) is 49.4 Å². The maximum absolute atomic E-state index is 12.5. The van der Waals surface area contributed by atoms with Gasteiger partial charge in [0.15, 0.2) is 0 Å². The van der Waals surface area contributed by atoms with Gasteiger partial charge in [-0.05, 0) is 24.8 Å². The highest BCUT2D eigenvalue weighted by molar-refractivity contribution is 5.97. The van der Waals surface area contributed by atoms with Crippen LogP contribution in [-0.2, 0) is 9.59 Å². The Morgan fingerprint density at radius 1 is 1.30 bits per heavy atom. The van der Waals surface area contributed by atoms with Gasteiger partial charge in [-0.3, -0.25) is 9.59 Å². The van der Waals surface area contributed by atoms with Gasteiger partial charge in [0, 0.05) is 6.54 Å². The van der Waals surface area contributed by atoms with Gasteiger partial charge in [-0.2, -0.15) is 0 Å². The Bertz CT molecular complexity index is 500. The molecule has 108 valence electrons. The van der Waals surface area contributed by atoms with Crippen molar-refractivity contribution in [3.63, 3.8) is 0 Å². The Morgan fingerprint density at radius 2 is 1.95 bits per heavy atom. The largest absolute Gasteiger partial charge is 0.340 e. The van der Waals surface area contributed by atoms with Crippen LogP contribution in [0.15, 0.2) is 30.3 Å². The van der Waals surface area contributed by atoms with Gasteiger partial charge in [-0.25, -0.2) is 0 Å². The average molecular weight is 274 g/mol. The fourth-order valence-electron chi connectivity index (χ4n) is 2.60. The molecule has 4 heteroatoms. The molecule has 1 N–H and O–H groups in total. The predicted molar refractivity (Wildman–Crippen MR) is 78.3 cm³/mol. The Kier molecular flexibility index (Phi) is 4.12. The Hall–Kier alpha value is -1.84. The molecule has 1 aromatic rings. The first kappa shape index (κ1) is 14.6. The molecule has 0 spiro atoms. The van der Waals surface area contributed by atoms with Gasteiger partial charge in [-0.15, -0.1) is 0 Å². The van der Waals surface area contributed by atoms with Gasteiger partial charge >= 0.3 is 0 Å². The SMILES string of the molecule is CCC1(C)NC(=O)CN(CC(C)c2ccccc2)C1=O. The number of amides is 2. The maximum Gasteiger partial charge on any atom is 0.248 e. The summed E-state index contributed by atoms with van der Waals surface area (Å²) in [6, 6.07) is 10.1. The second kappa shape index (κ2) is 5.65. The predicted octanol–water partition coefficient (Wildman–Crippen LogP) is 1.92. The van der Waals surface area contributed by atoms with E-state index in [9.17, 15) is 9.59 Å². The van der Waals surface area contributed by atoms with Gasteiger partial charge in [0.05, 0.1) is 6.54 Å². The highest BCUT2D eigenvalue weighted by Gasteiger charge is 2.41. The van der Waals surface area contributed by atoms with Crippen molar-refractivity contribution in [2.24, 2.45) is 0 Å². The van der Waals surface area contributed by atoms with Crippen LogP contribution >= 0.6 is 0 Å². The fourth-order valence-corrected chi connectivity index (χ4v) is 2.60. The second-order valence-electron chi connectivity index (χ2n) is 5.73. The Morgan fingerprint density at radius 3 is 2.55 bits per heavy atom. The van der Waals surface area contributed by atoms with E-state index in [1.54, 1.807) is 11.8 Å². The van der Waals surface area contributed by atoms with E-state index in [0.717, 1.165) is 0 Å². The van der Waals surface area contributed by atoms with Crippen LogP contribution < -0.4 is 5.32 Å². The van der Waals surface area contributed by atoms with Crippen molar-refractivity contribution in [1.82, 2.24) is 10.2 Å². The quantitative estimate of drug-likeness (QED) is 0.912. The molecular formula is C16H22N2O2. The summed E-state index contributed by atoms with van der Waals surface area (Å²) < 4.78 is 0. The molecule has 0 saturated carbocycles. The monoisotopic (exact) mass is 274 g/mol. The molecule has 2 unspecified atom stereocenters. The number of hydrogen-bond acceptors (Lipinski definition) is 2. The first-order valence-corrected chi connectivity index (χ1v) is 7.11. The molecule has 1 fully saturated rings. The van der Waals surface area contributed by atoms with E-state index in [2.05, 4.69) is 24.4 Å². The van der Waals surface area contributed by atoms with E-state index in [-0.39, 0.29) is 24.3 Å². The minimum absolute atomic E-state index is 0.0161. The van der Waals surface area contributed by atoms with E-state index < -0.39 is 5.54 Å². The number of carbonyl (C=O) groups excluding carboxylic acids is 2. The standard InChI is InChI=1S/C16H22N2O2/c1-4-16(3)15(20)18(11-14(19)17-16)10-12(2)13-8-6-5-7-9-13/h5-9,12H,4,10-11H2,1-3H3,(H,17,19). The van der Waals surface area contributed by atoms with Crippen molar-refractivity contribution in [3.05, 3.63) is 35.9 Å². The number of benzene rings is 1. The van der Waals surface area contributed by atoms with Gasteiger partial charge < -0.3 is 10.2 Å². The molecule has 2 rings (SSSR count). The smallest absolute Gasteiger partial charge is 0.248 e. The third-order valence-corrected chi connectivity index (χ3v) is 4.08. The maximum atomic E-state index is 12.5. The minimum atomic E-state index is -0.758. The van der Waals surface area contributed by atoms with Gasteiger partial charge in [-0.1, -0.05) is 44.2 Å². The highest BCUT2D eigenvalue weighted by Crippen LogP contribution is 2.22. The number of rotatable bonds is 4. The molecule has 1 heterocycles. The lowest BCUT2D eigenvalue weighted by atomic mass is 9.92. The Balaban J connectivity index is 2.12. The molecule has 1 aliphatic heterocycles. The van der Waals surface area contributed by atoms with E-state index >= 15 is 0 Å². The zero-order chi connectivity index (χ0) is 14.8. The summed E-state index contributed by atoms with van der Waals surface area (Å²) in [5.74, 6) is 0.156. The molecule has 0 aliphatic carbocycles. The van der Waals surface area contributed by atoms with Crippen LogP contribution in [0.1, 0.15) is 38.7 Å². The summed E-state index contributed by atoms with van der Waals surface area (Å²) in [6.45, 7) is 6.53. The molecule has 0 radical (unpaired) electrons. The van der Waals surface area contributed by atoms with Gasteiger partial charge in [0.25, 0.3) is 0 Å². The van der Waals surface area contributed by atoms with Crippen molar-refractivity contribution >= 4 is 11.8 Å². The summed E-state index contributed by atoms with van der Waals surface area (Å²) in [7, 11) is 0. The highest BCUT2D eigenvalue weighted by atomic mass is 16.2. The lowest BCUT2D eigenvalue weighted by Crippen LogP contribution is -2.65. The lowest BCUT2D eigenvalue weighted by Gasteiger charge is -2.40. The first-order valence-electron chi connectivity index (χ1n) is 7.11. The van der Waals surface area contributed by atoms with Crippen LogP contribution in [0.3, 0.4) is 0 Å². The molecule has 1 saturated heterocycles. The van der Waals surface area contributed by atoms with Crippen molar-refractivity contribution in [1.29, 1.82) is 0 Å². The average Bonchev–Trinajstić information content (AvgIpc) is 2.45. The third-order valence-electron chi connectivity index (χ3n) is 4.08. The summed E-state index contributed by atoms with van der Waals surface area (Å²) in [5.41, 5.74) is 0.427. The van der Waals surface area contributed by atoms with Crippen molar-refractivity contribution in [3.8, 4) is 0 Å². The van der Waals surface area contributed by atoms with Crippen molar-refractivity contribution < 1.29 is 9.59 Å². The molecule has 4 nitrogen and oxygen atoms in total. The number of hydrogen-bond donors (Lipinski definition) is 1. The van der Waals surface area contributed by atoms with Gasteiger partial charge in [0.2, 0.25) is 11.8 Å². The van der Waals surface area contributed by atoms with Crippen LogP contribution in [-0.4, -0.2) is 35.3 Å². The van der Waals surface area contributed by atoms with E-state index in [1.165, 1.54) is 5.56 Å². The normalized spacial score (nSPS) is 24.4. The second-order valence-corrected chi connectivity index (χ2v) is 5.73. The fraction of sp³-hybridized carbons (Fsp3) is 0.500. The minimum Gasteiger partial charge on any atom is -0.340 e. The molecule has 1 aliphatic rings. The van der Waals surface area contributed by atoms with Crippen LogP contribution in [0.4, 0.5) is 0 Å². The van der Waals surface area contributed by atoms with Crippen LogP contribution in [0.5, 0.6) is 0 Å². The van der Waals surface area contributed by atoms with Crippen LogP contribution in [0, 0.1) is 0 Å². The number of nitrogens with one attached hydrogen (secondary N) is 1. The molecule has 0 bridgehead atoms. The molecule has 2 amide bonds. The van der Waals surface area contributed by atoms with Crippen LogP contribution in [0.2, 0.25) is 0 Å². The number of carbonyl (C=O) groups is 2.